The van der Waals surface area contributed by atoms with Gasteiger partial charge in [-0.2, -0.15) is 5.10 Å². The predicted octanol–water partition coefficient (Wildman–Crippen LogP) is 3.06. The third-order valence-electron chi connectivity index (χ3n) is 3.37. The lowest BCUT2D eigenvalue weighted by molar-refractivity contribution is 0.249. The van der Waals surface area contributed by atoms with Gasteiger partial charge < -0.3 is 15.4 Å². The van der Waals surface area contributed by atoms with Crippen molar-refractivity contribution in [2.45, 2.75) is 26.8 Å². The Hall–Kier alpha value is -2.57. The zero-order chi connectivity index (χ0) is 16.3. The molecule has 0 aliphatic rings. The van der Waals surface area contributed by atoms with Crippen molar-refractivity contribution in [2.75, 3.05) is 12.4 Å². The van der Waals surface area contributed by atoms with E-state index in [0.717, 1.165) is 5.69 Å². The fourth-order valence-corrected chi connectivity index (χ4v) is 2.20. The average molecular weight is 306 g/mol. The zero-order valence-corrected chi connectivity index (χ0v) is 13.0. The number of hydrogen-bond acceptors (Lipinski definition) is 3. The number of nitrogens with one attached hydrogen (secondary N) is 3. The van der Waals surface area contributed by atoms with Gasteiger partial charge in [0.2, 0.25) is 0 Å². The minimum absolute atomic E-state index is 0.383. The van der Waals surface area contributed by atoms with E-state index in [1.807, 2.05) is 6.92 Å². The fraction of sp³-hybridized carbons (Fsp3) is 0.333. The number of rotatable bonds is 4. The van der Waals surface area contributed by atoms with Crippen molar-refractivity contribution in [1.29, 1.82) is 0 Å². The first-order chi connectivity index (χ1) is 10.4. The molecule has 7 heteroatoms. The molecule has 0 aliphatic heterocycles. The van der Waals surface area contributed by atoms with Crippen LogP contribution in [0.15, 0.2) is 18.2 Å². The Morgan fingerprint density at radius 1 is 1.41 bits per heavy atom. The molecular weight excluding hydrogens is 287 g/mol. The van der Waals surface area contributed by atoms with Gasteiger partial charge >= 0.3 is 6.03 Å². The van der Waals surface area contributed by atoms with Crippen molar-refractivity contribution in [3.8, 4) is 5.75 Å². The van der Waals surface area contributed by atoms with E-state index in [1.165, 1.54) is 25.3 Å². The first-order valence-electron chi connectivity index (χ1n) is 6.85. The number of carbonyl (C=O) groups excluding carboxylic acids is 1. The number of ether oxygens (including phenoxy) is 1. The quantitative estimate of drug-likeness (QED) is 0.812. The highest BCUT2D eigenvalue weighted by Crippen LogP contribution is 2.26. The van der Waals surface area contributed by atoms with Gasteiger partial charge in [0.1, 0.15) is 11.6 Å². The number of halogens is 1. The highest BCUT2D eigenvalue weighted by Gasteiger charge is 2.16. The molecule has 6 nitrogen and oxygen atoms in total. The predicted molar refractivity (Wildman–Crippen MR) is 81.6 cm³/mol. The smallest absolute Gasteiger partial charge is 0.319 e. The number of nitrogens with zero attached hydrogens (tertiary/aromatic N) is 1. The molecule has 2 rings (SSSR count). The van der Waals surface area contributed by atoms with E-state index in [-0.39, 0.29) is 5.82 Å². The second kappa shape index (κ2) is 6.46. The van der Waals surface area contributed by atoms with E-state index in [4.69, 9.17) is 4.74 Å². The molecule has 0 unspecified atom stereocenters. The number of methoxy groups -OCH3 is 1. The standard InChI is InChI=1S/C15H19FN4O2/c1-8(12-7-11(16)5-6-13(12)22-4)17-15(21)18-14-9(2)19-20-10(14)3/h5-8H,1-4H3,(H,19,20)(H2,17,18,21)/t8-/m0/s1. The minimum atomic E-state index is -0.418. The van der Waals surface area contributed by atoms with Crippen LogP contribution in [0.5, 0.6) is 5.75 Å². The van der Waals surface area contributed by atoms with Gasteiger partial charge in [0, 0.05) is 5.56 Å². The van der Waals surface area contributed by atoms with Crippen molar-refractivity contribution in [3.63, 3.8) is 0 Å². The molecule has 0 saturated carbocycles. The van der Waals surface area contributed by atoms with Gasteiger partial charge in [-0.3, -0.25) is 5.10 Å². The van der Waals surface area contributed by atoms with Crippen molar-refractivity contribution in [1.82, 2.24) is 15.5 Å². The summed E-state index contributed by atoms with van der Waals surface area (Å²) in [6.45, 7) is 5.36. The summed E-state index contributed by atoms with van der Waals surface area (Å²) < 4.78 is 18.6. The first-order valence-corrected chi connectivity index (χ1v) is 6.85. The number of aromatic amines is 1. The van der Waals surface area contributed by atoms with Gasteiger partial charge in [-0.25, -0.2) is 9.18 Å². The molecule has 2 amide bonds. The van der Waals surface area contributed by atoms with E-state index in [1.54, 1.807) is 13.8 Å². The zero-order valence-electron chi connectivity index (χ0n) is 13.0. The Morgan fingerprint density at radius 2 is 2.14 bits per heavy atom. The molecule has 0 spiro atoms. The molecule has 1 atom stereocenters. The molecule has 0 saturated heterocycles. The van der Waals surface area contributed by atoms with Crippen LogP contribution in [0.2, 0.25) is 0 Å². The minimum Gasteiger partial charge on any atom is -0.496 e. The number of H-pyrrole nitrogens is 1. The number of urea groups is 1. The summed E-state index contributed by atoms with van der Waals surface area (Å²) in [6.07, 6.45) is 0. The Kier molecular flexibility index (Phi) is 4.65. The fourth-order valence-electron chi connectivity index (χ4n) is 2.20. The number of aromatic nitrogens is 2. The lowest BCUT2D eigenvalue weighted by Gasteiger charge is -2.18. The van der Waals surface area contributed by atoms with E-state index in [9.17, 15) is 9.18 Å². The largest absolute Gasteiger partial charge is 0.496 e. The Morgan fingerprint density at radius 3 is 2.73 bits per heavy atom. The van der Waals surface area contributed by atoms with E-state index >= 15 is 0 Å². The molecule has 1 heterocycles. The van der Waals surface area contributed by atoms with Crippen LogP contribution in [0.25, 0.3) is 0 Å². The van der Waals surface area contributed by atoms with Gasteiger partial charge in [0.25, 0.3) is 0 Å². The summed E-state index contributed by atoms with van der Waals surface area (Å²) in [5.74, 6) is 0.135. The van der Waals surface area contributed by atoms with Crippen LogP contribution in [0, 0.1) is 19.7 Å². The number of carbonyl (C=O) groups is 1. The third kappa shape index (κ3) is 3.36. The maximum absolute atomic E-state index is 13.4. The summed E-state index contributed by atoms with van der Waals surface area (Å²) in [5, 5.41) is 12.3. The molecular formula is C15H19FN4O2. The molecule has 1 aromatic carbocycles. The lowest BCUT2D eigenvalue weighted by atomic mass is 10.1. The van der Waals surface area contributed by atoms with Gasteiger partial charge in [-0.1, -0.05) is 0 Å². The number of hydrogen-bond donors (Lipinski definition) is 3. The molecule has 3 N–H and O–H groups in total. The average Bonchev–Trinajstić information content (AvgIpc) is 2.79. The Bertz CT molecular complexity index is 665. The van der Waals surface area contributed by atoms with Gasteiger partial charge in [-0.15, -0.1) is 0 Å². The SMILES string of the molecule is COc1ccc(F)cc1[C@H](C)NC(=O)Nc1c(C)n[nH]c1C. The summed E-state index contributed by atoms with van der Waals surface area (Å²) in [6, 6.07) is 3.38. The number of anilines is 1. The van der Waals surface area contributed by atoms with E-state index in [0.29, 0.717) is 22.7 Å². The molecule has 118 valence electrons. The second-order valence-corrected chi connectivity index (χ2v) is 5.02. The molecule has 1 aromatic heterocycles. The summed E-state index contributed by atoms with van der Waals surface area (Å²) in [4.78, 5) is 12.1. The second-order valence-electron chi connectivity index (χ2n) is 5.02. The van der Waals surface area contributed by atoms with Crippen molar-refractivity contribution < 1.29 is 13.9 Å². The van der Waals surface area contributed by atoms with Crippen molar-refractivity contribution in [3.05, 3.63) is 41.0 Å². The topological polar surface area (TPSA) is 79.0 Å². The lowest BCUT2D eigenvalue weighted by Crippen LogP contribution is -2.31. The number of aryl methyl sites for hydroxylation is 2. The third-order valence-corrected chi connectivity index (χ3v) is 3.37. The molecule has 0 aliphatic carbocycles. The van der Waals surface area contributed by atoms with Crippen molar-refractivity contribution in [2.24, 2.45) is 0 Å². The Balaban J connectivity index is 2.10. The normalized spacial score (nSPS) is 11.9. The van der Waals surface area contributed by atoms with Crippen LogP contribution in [-0.4, -0.2) is 23.3 Å². The van der Waals surface area contributed by atoms with Crippen LogP contribution in [-0.2, 0) is 0 Å². The number of amides is 2. The first kappa shape index (κ1) is 15.8. The molecule has 0 bridgehead atoms. The van der Waals surface area contributed by atoms with Crippen LogP contribution in [0.4, 0.5) is 14.9 Å². The van der Waals surface area contributed by atoms with Gasteiger partial charge in [0.15, 0.2) is 0 Å². The Labute approximate surface area is 128 Å². The van der Waals surface area contributed by atoms with Crippen LogP contribution < -0.4 is 15.4 Å². The van der Waals surface area contributed by atoms with Gasteiger partial charge in [0.05, 0.1) is 30.2 Å². The van der Waals surface area contributed by atoms with Crippen molar-refractivity contribution >= 4 is 11.7 Å². The molecule has 0 radical (unpaired) electrons. The summed E-state index contributed by atoms with van der Waals surface area (Å²) in [5.41, 5.74) is 2.67. The van der Waals surface area contributed by atoms with Crippen LogP contribution >= 0.6 is 0 Å². The molecule has 22 heavy (non-hydrogen) atoms. The maximum atomic E-state index is 13.4. The monoisotopic (exact) mass is 306 g/mol. The van der Waals surface area contributed by atoms with Crippen LogP contribution in [0.1, 0.15) is 29.9 Å². The van der Waals surface area contributed by atoms with Crippen LogP contribution in [0.3, 0.4) is 0 Å². The number of benzene rings is 1. The van der Waals surface area contributed by atoms with E-state index < -0.39 is 12.1 Å². The summed E-state index contributed by atoms with van der Waals surface area (Å²) >= 11 is 0. The maximum Gasteiger partial charge on any atom is 0.319 e. The highest BCUT2D eigenvalue weighted by atomic mass is 19.1. The van der Waals surface area contributed by atoms with E-state index in [2.05, 4.69) is 20.8 Å². The molecule has 2 aromatic rings. The highest BCUT2D eigenvalue weighted by molar-refractivity contribution is 5.90. The molecule has 0 fully saturated rings. The summed E-state index contributed by atoms with van der Waals surface area (Å²) in [7, 11) is 1.50. The van der Waals surface area contributed by atoms with Gasteiger partial charge in [-0.05, 0) is 39.0 Å².